The molecular formula is C30H26F2N4. The molecule has 0 fully saturated rings. The first-order valence-electron chi connectivity index (χ1n) is 11.7. The number of H-pyrrole nitrogens is 1. The molecular weight excluding hydrogens is 454 g/mol. The lowest BCUT2D eigenvalue weighted by atomic mass is 10.0. The first kappa shape index (κ1) is 23.4. The van der Waals surface area contributed by atoms with Crippen molar-refractivity contribution in [3.63, 3.8) is 0 Å². The van der Waals surface area contributed by atoms with Crippen LogP contribution in [-0.4, -0.2) is 15.0 Å². The van der Waals surface area contributed by atoms with E-state index in [2.05, 4.69) is 32.9 Å². The van der Waals surface area contributed by atoms with Crippen LogP contribution in [0, 0.1) is 5.82 Å². The molecule has 0 amide bonds. The number of nitrogens with one attached hydrogen (secondary N) is 2. The predicted molar refractivity (Wildman–Crippen MR) is 142 cm³/mol. The normalized spacial score (nSPS) is 11.6. The first-order valence-corrected chi connectivity index (χ1v) is 11.7. The monoisotopic (exact) mass is 480 g/mol. The SMILES string of the molecule is C=C(Cc1ccc(-c2cnc3[nH]c(-c4ccccc4)cc3c2)cc1F)Nc1ccnc(C(C)(C)F)c1. The smallest absolute Gasteiger partial charge is 0.147 e. The Morgan fingerprint density at radius 3 is 2.50 bits per heavy atom. The lowest BCUT2D eigenvalue weighted by Gasteiger charge is -2.16. The van der Waals surface area contributed by atoms with Gasteiger partial charge in [0.1, 0.15) is 17.1 Å². The standard InChI is InChI=1S/C30H26F2N4/c1-19(35-25-11-12-33-28(17-25)30(2,3)32)13-22-10-9-21(15-26(22)31)24-14-23-16-27(36-29(23)34-18-24)20-7-5-4-6-8-20/h4-12,14-18H,1,13H2,2-3H3,(H,33,35)(H,34,36). The van der Waals surface area contributed by atoms with Crippen LogP contribution in [0.1, 0.15) is 25.1 Å². The average Bonchev–Trinajstić information content (AvgIpc) is 3.29. The number of pyridine rings is 2. The van der Waals surface area contributed by atoms with Crippen molar-refractivity contribution in [3.05, 3.63) is 115 Å². The maximum Gasteiger partial charge on any atom is 0.147 e. The van der Waals surface area contributed by atoms with Crippen molar-refractivity contribution in [1.29, 1.82) is 0 Å². The third-order valence-electron chi connectivity index (χ3n) is 6.04. The fourth-order valence-electron chi connectivity index (χ4n) is 4.13. The molecule has 0 radical (unpaired) electrons. The molecule has 0 unspecified atom stereocenters. The summed E-state index contributed by atoms with van der Waals surface area (Å²) in [5.41, 5.74) is 4.97. The molecule has 180 valence electrons. The third-order valence-corrected chi connectivity index (χ3v) is 6.04. The molecule has 5 rings (SSSR count). The lowest BCUT2D eigenvalue weighted by molar-refractivity contribution is 0.214. The molecule has 0 saturated heterocycles. The Morgan fingerprint density at radius 1 is 0.944 bits per heavy atom. The number of hydrogen-bond donors (Lipinski definition) is 2. The minimum absolute atomic E-state index is 0.290. The van der Waals surface area contributed by atoms with E-state index in [1.807, 2.05) is 42.5 Å². The molecule has 5 aromatic rings. The summed E-state index contributed by atoms with van der Waals surface area (Å²) in [4.78, 5) is 12.0. The van der Waals surface area contributed by atoms with Gasteiger partial charge in [-0.1, -0.05) is 49.0 Å². The highest BCUT2D eigenvalue weighted by molar-refractivity contribution is 5.86. The van der Waals surface area contributed by atoms with Gasteiger partial charge in [0.25, 0.3) is 0 Å². The number of nitrogens with zero attached hydrogens (tertiary/aromatic N) is 2. The number of rotatable bonds is 7. The van der Waals surface area contributed by atoms with Crippen molar-refractivity contribution in [2.45, 2.75) is 25.9 Å². The summed E-state index contributed by atoms with van der Waals surface area (Å²) in [6.07, 6.45) is 3.58. The second-order valence-electron chi connectivity index (χ2n) is 9.32. The topological polar surface area (TPSA) is 53.6 Å². The summed E-state index contributed by atoms with van der Waals surface area (Å²) in [6, 6.07) is 22.6. The number of aromatic amines is 1. The van der Waals surface area contributed by atoms with Crippen LogP contribution in [0.2, 0.25) is 0 Å². The van der Waals surface area contributed by atoms with Crippen molar-refractivity contribution in [2.24, 2.45) is 0 Å². The number of anilines is 1. The van der Waals surface area contributed by atoms with Gasteiger partial charge in [0.2, 0.25) is 0 Å². The van der Waals surface area contributed by atoms with E-state index in [9.17, 15) is 4.39 Å². The van der Waals surface area contributed by atoms with Crippen LogP contribution >= 0.6 is 0 Å². The molecule has 0 aliphatic carbocycles. The van der Waals surface area contributed by atoms with Gasteiger partial charge in [-0.05, 0) is 60.9 Å². The maximum atomic E-state index is 15.0. The summed E-state index contributed by atoms with van der Waals surface area (Å²) >= 11 is 0. The summed E-state index contributed by atoms with van der Waals surface area (Å²) in [5, 5.41) is 4.09. The van der Waals surface area contributed by atoms with E-state index in [1.54, 1.807) is 30.6 Å². The molecule has 0 aliphatic heterocycles. The average molecular weight is 481 g/mol. The molecule has 0 atom stereocenters. The van der Waals surface area contributed by atoms with Crippen molar-refractivity contribution < 1.29 is 8.78 Å². The molecule has 4 nitrogen and oxygen atoms in total. The van der Waals surface area contributed by atoms with E-state index < -0.39 is 5.67 Å². The van der Waals surface area contributed by atoms with E-state index in [-0.39, 0.29) is 12.2 Å². The van der Waals surface area contributed by atoms with Crippen LogP contribution in [0.3, 0.4) is 0 Å². The first-order chi connectivity index (χ1) is 17.3. The van der Waals surface area contributed by atoms with Crippen molar-refractivity contribution in [3.8, 4) is 22.4 Å². The fraction of sp³-hybridized carbons (Fsp3) is 0.133. The Labute approximate surface area is 208 Å². The Bertz CT molecular complexity index is 1550. The van der Waals surface area contributed by atoms with E-state index in [0.29, 0.717) is 22.6 Å². The Kier molecular flexibility index (Phi) is 6.10. The Balaban J connectivity index is 1.32. The second kappa shape index (κ2) is 9.38. The van der Waals surface area contributed by atoms with E-state index in [0.717, 1.165) is 33.4 Å². The molecule has 0 spiro atoms. The van der Waals surface area contributed by atoms with Crippen molar-refractivity contribution in [2.75, 3.05) is 5.32 Å². The molecule has 3 aromatic heterocycles. The van der Waals surface area contributed by atoms with Gasteiger partial charge in [0, 0.05) is 46.8 Å². The molecule has 2 N–H and O–H groups in total. The van der Waals surface area contributed by atoms with Crippen LogP contribution in [0.15, 0.2) is 97.5 Å². The minimum Gasteiger partial charge on any atom is -0.359 e. The van der Waals surface area contributed by atoms with E-state index in [4.69, 9.17) is 0 Å². The molecule has 36 heavy (non-hydrogen) atoms. The zero-order chi connectivity index (χ0) is 25.3. The molecule has 0 bridgehead atoms. The highest BCUT2D eigenvalue weighted by Crippen LogP contribution is 2.29. The molecule has 6 heteroatoms. The number of benzene rings is 2. The number of aromatic nitrogens is 3. The van der Waals surface area contributed by atoms with Crippen molar-refractivity contribution in [1.82, 2.24) is 15.0 Å². The molecule has 3 heterocycles. The minimum atomic E-state index is -1.55. The molecule has 0 saturated carbocycles. The zero-order valence-electron chi connectivity index (χ0n) is 20.1. The number of fused-ring (bicyclic) bond motifs is 1. The van der Waals surface area contributed by atoms with Gasteiger partial charge in [-0.25, -0.2) is 13.8 Å². The van der Waals surface area contributed by atoms with E-state index >= 15 is 4.39 Å². The highest BCUT2D eigenvalue weighted by Gasteiger charge is 2.20. The lowest BCUT2D eigenvalue weighted by Crippen LogP contribution is -2.12. The highest BCUT2D eigenvalue weighted by atomic mass is 19.1. The van der Waals surface area contributed by atoms with Gasteiger partial charge in [0.15, 0.2) is 0 Å². The van der Waals surface area contributed by atoms with Crippen LogP contribution in [0.5, 0.6) is 0 Å². The van der Waals surface area contributed by atoms with Crippen LogP contribution in [-0.2, 0) is 12.1 Å². The number of allylic oxidation sites excluding steroid dienone is 1. The number of hydrogen-bond acceptors (Lipinski definition) is 3. The van der Waals surface area contributed by atoms with Gasteiger partial charge in [-0.2, -0.15) is 0 Å². The summed E-state index contributed by atoms with van der Waals surface area (Å²) in [6.45, 7) is 6.92. The quantitative estimate of drug-likeness (QED) is 0.250. The van der Waals surface area contributed by atoms with E-state index in [1.165, 1.54) is 19.9 Å². The molecule has 2 aromatic carbocycles. The van der Waals surface area contributed by atoms with Gasteiger partial charge >= 0.3 is 0 Å². The van der Waals surface area contributed by atoms with Gasteiger partial charge in [-0.3, -0.25) is 4.98 Å². The summed E-state index contributed by atoms with van der Waals surface area (Å²) in [7, 11) is 0. The zero-order valence-corrected chi connectivity index (χ0v) is 20.1. The largest absolute Gasteiger partial charge is 0.359 e. The summed E-state index contributed by atoms with van der Waals surface area (Å²) in [5.74, 6) is -0.324. The van der Waals surface area contributed by atoms with Crippen LogP contribution in [0.25, 0.3) is 33.4 Å². The maximum absolute atomic E-state index is 15.0. The Morgan fingerprint density at radius 2 is 1.75 bits per heavy atom. The third kappa shape index (κ3) is 5.03. The predicted octanol–water partition coefficient (Wildman–Crippen LogP) is 7.80. The Hall–Kier alpha value is -4.32. The van der Waals surface area contributed by atoms with Gasteiger partial charge < -0.3 is 10.3 Å². The molecule has 0 aliphatic rings. The second-order valence-corrected chi connectivity index (χ2v) is 9.32. The van der Waals surface area contributed by atoms with Gasteiger partial charge in [-0.15, -0.1) is 0 Å². The number of halogens is 2. The fourth-order valence-corrected chi connectivity index (χ4v) is 4.13. The number of alkyl halides is 1. The van der Waals surface area contributed by atoms with Crippen molar-refractivity contribution >= 4 is 16.7 Å². The van der Waals surface area contributed by atoms with Crippen LogP contribution in [0.4, 0.5) is 14.5 Å². The summed E-state index contributed by atoms with van der Waals surface area (Å²) < 4.78 is 29.3. The van der Waals surface area contributed by atoms with Gasteiger partial charge in [0.05, 0.1) is 5.69 Å². The van der Waals surface area contributed by atoms with Crippen LogP contribution < -0.4 is 5.32 Å².